The minimum atomic E-state index is -0.261. The summed E-state index contributed by atoms with van der Waals surface area (Å²) < 4.78 is 0. The molecular formula is C16H18N4O2S. The van der Waals surface area contributed by atoms with Crippen LogP contribution in [-0.4, -0.2) is 34.5 Å². The zero-order valence-corrected chi connectivity index (χ0v) is 13.4. The molecule has 1 unspecified atom stereocenters. The van der Waals surface area contributed by atoms with Crippen LogP contribution in [0.3, 0.4) is 0 Å². The number of carbonyl (C=O) groups is 2. The third-order valence-corrected chi connectivity index (χ3v) is 4.56. The van der Waals surface area contributed by atoms with E-state index in [4.69, 9.17) is 0 Å². The van der Waals surface area contributed by atoms with E-state index < -0.39 is 0 Å². The van der Waals surface area contributed by atoms with Gasteiger partial charge in [0, 0.05) is 12.7 Å². The predicted molar refractivity (Wildman–Crippen MR) is 87.8 cm³/mol. The third kappa shape index (κ3) is 3.94. The van der Waals surface area contributed by atoms with Gasteiger partial charge in [-0.15, -0.1) is 11.3 Å². The fourth-order valence-corrected chi connectivity index (χ4v) is 3.16. The summed E-state index contributed by atoms with van der Waals surface area (Å²) in [7, 11) is 0. The summed E-state index contributed by atoms with van der Waals surface area (Å²) in [5, 5.41) is 6.66. The third-order valence-electron chi connectivity index (χ3n) is 3.69. The van der Waals surface area contributed by atoms with E-state index in [1.165, 1.54) is 11.3 Å². The number of hydrogen-bond acceptors (Lipinski definition) is 5. The van der Waals surface area contributed by atoms with Crippen molar-refractivity contribution in [2.45, 2.75) is 25.4 Å². The van der Waals surface area contributed by atoms with E-state index in [2.05, 4.69) is 15.7 Å². The van der Waals surface area contributed by atoms with Gasteiger partial charge in [-0.3, -0.25) is 20.0 Å². The number of thiophene rings is 1. The van der Waals surface area contributed by atoms with Crippen molar-refractivity contribution >= 4 is 23.2 Å². The quantitative estimate of drug-likeness (QED) is 0.899. The molecule has 3 heterocycles. The number of aromatic nitrogens is 1. The topological polar surface area (TPSA) is 74.3 Å². The molecule has 7 heteroatoms. The second-order valence-electron chi connectivity index (χ2n) is 5.31. The van der Waals surface area contributed by atoms with Gasteiger partial charge in [0.05, 0.1) is 11.0 Å². The molecule has 1 saturated heterocycles. The van der Waals surface area contributed by atoms with Gasteiger partial charge < -0.3 is 5.32 Å². The summed E-state index contributed by atoms with van der Waals surface area (Å²) in [5.41, 5.74) is 3.22. The summed E-state index contributed by atoms with van der Waals surface area (Å²) in [4.78, 5) is 29.2. The Bertz CT molecular complexity index is 660. The number of hydrazine groups is 1. The molecule has 1 aliphatic rings. The molecule has 0 saturated carbocycles. The molecule has 0 spiro atoms. The highest BCUT2D eigenvalue weighted by Crippen LogP contribution is 2.15. The molecule has 0 aromatic carbocycles. The van der Waals surface area contributed by atoms with Gasteiger partial charge in [0.25, 0.3) is 11.8 Å². The van der Waals surface area contributed by atoms with Crippen LogP contribution in [0.25, 0.3) is 0 Å². The van der Waals surface area contributed by atoms with Crippen LogP contribution in [0.5, 0.6) is 0 Å². The molecule has 1 fully saturated rings. The number of carbonyl (C=O) groups excluding carboxylic acids is 2. The van der Waals surface area contributed by atoms with Crippen molar-refractivity contribution in [2.75, 3.05) is 6.54 Å². The molecule has 2 amide bonds. The zero-order valence-electron chi connectivity index (χ0n) is 12.6. The van der Waals surface area contributed by atoms with E-state index in [1.807, 2.05) is 11.4 Å². The monoisotopic (exact) mass is 330 g/mol. The van der Waals surface area contributed by atoms with Crippen LogP contribution in [0.15, 0.2) is 41.9 Å². The van der Waals surface area contributed by atoms with Gasteiger partial charge in [-0.2, -0.15) is 5.01 Å². The highest BCUT2D eigenvalue weighted by molar-refractivity contribution is 7.12. The number of nitrogens with zero attached hydrogens (tertiary/aromatic N) is 2. The maximum atomic E-state index is 12.2. The maximum Gasteiger partial charge on any atom is 0.284 e. The van der Waals surface area contributed by atoms with Crippen molar-refractivity contribution in [1.29, 1.82) is 0 Å². The van der Waals surface area contributed by atoms with Crippen molar-refractivity contribution in [1.82, 2.24) is 20.7 Å². The van der Waals surface area contributed by atoms with Gasteiger partial charge in [-0.1, -0.05) is 12.1 Å². The Morgan fingerprint density at radius 1 is 1.17 bits per heavy atom. The van der Waals surface area contributed by atoms with Crippen LogP contribution in [0.4, 0.5) is 0 Å². The second-order valence-corrected chi connectivity index (χ2v) is 6.26. The summed E-state index contributed by atoms with van der Waals surface area (Å²) in [6.45, 7) is 0.702. The number of nitrogens with one attached hydrogen (secondary N) is 2. The summed E-state index contributed by atoms with van der Waals surface area (Å²) in [6, 6.07) is 8.84. The molecule has 1 atom stereocenters. The largest absolute Gasteiger partial charge is 0.334 e. The van der Waals surface area contributed by atoms with E-state index in [9.17, 15) is 9.59 Å². The standard InChI is InChI=1S/C16H18N4O2S/c21-15(12-6-1-3-9-17-12)19-20-10-4-2-8-14(20)18-16(22)13-7-5-11-23-13/h1,3,5-7,9,11,14H,2,4,8,10H2,(H,18,22)(H,19,21). The summed E-state index contributed by atoms with van der Waals surface area (Å²) in [5.74, 6) is -0.369. The molecule has 2 N–H and O–H groups in total. The SMILES string of the molecule is O=C(NN1CCCCC1NC(=O)c1cccs1)c1ccccn1. The minimum Gasteiger partial charge on any atom is -0.334 e. The molecule has 2 aromatic heterocycles. The fraction of sp³-hybridized carbons (Fsp3) is 0.312. The van der Waals surface area contributed by atoms with Crippen LogP contribution in [0, 0.1) is 0 Å². The van der Waals surface area contributed by atoms with Crippen LogP contribution < -0.4 is 10.7 Å². The first kappa shape index (κ1) is 15.6. The van der Waals surface area contributed by atoms with Gasteiger partial charge in [0.2, 0.25) is 0 Å². The fourth-order valence-electron chi connectivity index (χ4n) is 2.53. The van der Waals surface area contributed by atoms with Gasteiger partial charge >= 0.3 is 0 Å². The predicted octanol–water partition coefficient (Wildman–Crippen LogP) is 2.03. The first-order valence-electron chi connectivity index (χ1n) is 7.57. The molecule has 120 valence electrons. The average molecular weight is 330 g/mol. The number of pyridine rings is 1. The van der Waals surface area contributed by atoms with Crippen LogP contribution in [0.2, 0.25) is 0 Å². The smallest absolute Gasteiger partial charge is 0.284 e. The Balaban J connectivity index is 1.64. The number of amides is 2. The molecule has 0 bridgehead atoms. The zero-order chi connectivity index (χ0) is 16.1. The molecule has 2 aromatic rings. The molecular weight excluding hydrogens is 312 g/mol. The highest BCUT2D eigenvalue weighted by atomic mass is 32.1. The summed E-state index contributed by atoms with van der Waals surface area (Å²) in [6.07, 6.45) is 4.19. The lowest BCUT2D eigenvalue weighted by Crippen LogP contribution is -2.57. The first-order valence-corrected chi connectivity index (χ1v) is 8.45. The van der Waals surface area contributed by atoms with Crippen LogP contribution >= 0.6 is 11.3 Å². The maximum absolute atomic E-state index is 12.2. The lowest BCUT2D eigenvalue weighted by Gasteiger charge is -2.35. The van der Waals surface area contributed by atoms with E-state index in [-0.39, 0.29) is 18.0 Å². The van der Waals surface area contributed by atoms with Gasteiger partial charge in [0.15, 0.2) is 0 Å². The van der Waals surface area contributed by atoms with Crippen molar-refractivity contribution in [3.63, 3.8) is 0 Å². The van der Waals surface area contributed by atoms with E-state index in [0.717, 1.165) is 19.3 Å². The molecule has 0 radical (unpaired) electrons. The normalized spacial score (nSPS) is 18.3. The van der Waals surface area contributed by atoms with E-state index in [1.54, 1.807) is 35.5 Å². The Hall–Kier alpha value is -2.25. The Labute approximate surface area is 138 Å². The van der Waals surface area contributed by atoms with Crippen molar-refractivity contribution in [3.8, 4) is 0 Å². The minimum absolute atomic E-state index is 0.107. The number of piperidine rings is 1. The van der Waals surface area contributed by atoms with Gasteiger partial charge in [-0.05, 0) is 42.8 Å². The van der Waals surface area contributed by atoms with Gasteiger partial charge in [0.1, 0.15) is 5.69 Å². The average Bonchev–Trinajstić information content (AvgIpc) is 3.12. The van der Waals surface area contributed by atoms with Crippen molar-refractivity contribution in [2.24, 2.45) is 0 Å². The Morgan fingerprint density at radius 3 is 2.83 bits per heavy atom. The molecule has 1 aliphatic heterocycles. The highest BCUT2D eigenvalue weighted by Gasteiger charge is 2.26. The second kappa shape index (κ2) is 7.34. The number of rotatable bonds is 4. The van der Waals surface area contributed by atoms with Crippen LogP contribution in [0.1, 0.15) is 39.4 Å². The summed E-state index contributed by atoms with van der Waals surface area (Å²) >= 11 is 1.40. The molecule has 3 rings (SSSR count). The molecule has 0 aliphatic carbocycles. The van der Waals surface area contributed by atoms with E-state index >= 15 is 0 Å². The first-order chi connectivity index (χ1) is 11.2. The van der Waals surface area contributed by atoms with Crippen molar-refractivity contribution in [3.05, 3.63) is 52.5 Å². The Kier molecular flexibility index (Phi) is 4.99. The van der Waals surface area contributed by atoms with Gasteiger partial charge in [-0.25, -0.2) is 0 Å². The Morgan fingerprint density at radius 2 is 2.09 bits per heavy atom. The molecule has 6 nitrogen and oxygen atoms in total. The van der Waals surface area contributed by atoms with Crippen molar-refractivity contribution < 1.29 is 9.59 Å². The lowest BCUT2D eigenvalue weighted by molar-refractivity contribution is 0.0438. The van der Waals surface area contributed by atoms with E-state index in [0.29, 0.717) is 17.1 Å². The number of hydrogen-bond donors (Lipinski definition) is 2. The van der Waals surface area contributed by atoms with Crippen LogP contribution in [-0.2, 0) is 0 Å². The molecule has 23 heavy (non-hydrogen) atoms. The lowest BCUT2D eigenvalue weighted by atomic mass is 10.1.